The molecule has 0 aromatic carbocycles. The molecule has 1 atom stereocenters. The number of hydrogen-bond donors (Lipinski definition) is 3. The minimum Gasteiger partial charge on any atom is -0.480 e. The molecule has 0 aliphatic rings. The summed E-state index contributed by atoms with van der Waals surface area (Å²) in [5, 5.41) is 8.01. The smallest absolute Gasteiger partial charge is 0.321 e. The fourth-order valence-electron chi connectivity index (χ4n) is 0.0781. The van der Waals surface area contributed by atoms with E-state index in [-0.39, 0.29) is 43.0 Å². The minimum absolute atomic E-state index is 0. The van der Waals surface area contributed by atoms with Crippen LogP contribution in [0.15, 0.2) is 0 Å². The summed E-state index contributed by atoms with van der Waals surface area (Å²) in [6, 6.07) is -0.816. The molecule has 0 aliphatic carbocycles. The Bertz CT molecular complexity index is 84.1. The van der Waals surface area contributed by atoms with Gasteiger partial charge >= 0.3 is 5.97 Å². The van der Waals surface area contributed by atoms with Gasteiger partial charge in [-0.1, -0.05) is 0 Å². The van der Waals surface area contributed by atoms with Crippen molar-refractivity contribution in [2.45, 2.75) is 6.04 Å². The van der Waals surface area contributed by atoms with E-state index in [9.17, 15) is 4.79 Å². The Kier molecular flexibility index (Phi) is 27.7. The molecule has 0 bridgehead atoms. The predicted molar refractivity (Wildman–Crippen MR) is 51.2 cm³/mol. The van der Waals surface area contributed by atoms with Crippen molar-refractivity contribution in [2.75, 3.05) is 5.75 Å². The summed E-state index contributed by atoms with van der Waals surface area (Å²) >= 11 is 3.65. The molecule has 7 heteroatoms. The van der Waals surface area contributed by atoms with Crippen molar-refractivity contribution in [3.63, 3.8) is 0 Å². The van der Waals surface area contributed by atoms with Crippen molar-refractivity contribution in [3.05, 3.63) is 0 Å². The zero-order valence-electron chi connectivity index (χ0n) is 4.89. The van der Waals surface area contributed by atoms with Gasteiger partial charge in [0.15, 0.2) is 0 Å². The molecule has 0 saturated carbocycles. The first-order valence-corrected chi connectivity index (χ1v) is 2.41. The van der Waals surface area contributed by atoms with E-state index in [4.69, 9.17) is 10.8 Å². The first-order valence-electron chi connectivity index (χ1n) is 1.77. The highest BCUT2D eigenvalue weighted by Gasteiger charge is 2.06. The van der Waals surface area contributed by atoms with Gasteiger partial charge in [0.25, 0.3) is 0 Å². The van der Waals surface area contributed by atoms with Gasteiger partial charge in [0, 0.05) is 5.75 Å². The Labute approximate surface area is 83.4 Å². The molecule has 66 valence electrons. The molecule has 0 fully saturated rings. The topological polar surface area (TPSA) is 63.3 Å². The van der Waals surface area contributed by atoms with Gasteiger partial charge in [0.05, 0.1) is 0 Å². The lowest BCUT2D eigenvalue weighted by Crippen LogP contribution is -2.31. The van der Waals surface area contributed by atoms with Crippen molar-refractivity contribution in [3.8, 4) is 0 Å². The van der Waals surface area contributed by atoms with Crippen molar-refractivity contribution in [1.82, 2.24) is 0 Å². The summed E-state index contributed by atoms with van der Waals surface area (Å²) in [4.78, 5) is 9.76. The maximum atomic E-state index is 9.76. The number of halogens is 3. The molecule has 10 heavy (non-hydrogen) atoms. The van der Waals surface area contributed by atoms with E-state index in [1.54, 1.807) is 0 Å². The van der Waals surface area contributed by atoms with Gasteiger partial charge in [-0.05, 0) is 0 Å². The molecular weight excluding hydrogens is 220 g/mol. The number of carbonyl (C=O) groups is 1. The zero-order chi connectivity index (χ0) is 5.86. The van der Waals surface area contributed by atoms with Gasteiger partial charge < -0.3 is 10.8 Å². The highest BCUT2D eigenvalue weighted by atomic mass is 35.5. The molecule has 0 amide bonds. The van der Waals surface area contributed by atoms with Crippen LogP contribution in [0.3, 0.4) is 0 Å². The average Bonchev–Trinajstić information content (AvgIpc) is 1.65. The summed E-state index contributed by atoms with van der Waals surface area (Å²) in [7, 11) is 0. The second kappa shape index (κ2) is 12.3. The Morgan fingerprint density at radius 3 is 1.80 bits per heavy atom. The molecular formula is C3H10Cl3NO2S. The van der Waals surface area contributed by atoms with Gasteiger partial charge in [0.2, 0.25) is 0 Å². The Morgan fingerprint density at radius 2 is 1.80 bits per heavy atom. The van der Waals surface area contributed by atoms with Crippen molar-refractivity contribution in [1.29, 1.82) is 0 Å². The minimum atomic E-state index is -1.00. The second-order valence-electron chi connectivity index (χ2n) is 1.13. The number of aliphatic carboxylic acids is 1. The van der Waals surface area contributed by atoms with Crippen LogP contribution in [0.2, 0.25) is 0 Å². The largest absolute Gasteiger partial charge is 0.480 e. The summed E-state index contributed by atoms with van der Waals surface area (Å²) in [5.74, 6) is -0.815. The average molecular weight is 231 g/mol. The highest BCUT2D eigenvalue weighted by molar-refractivity contribution is 7.80. The number of nitrogens with two attached hydrogens (primary N) is 1. The van der Waals surface area contributed by atoms with Gasteiger partial charge in [-0.3, -0.25) is 4.79 Å². The lowest BCUT2D eigenvalue weighted by atomic mass is 10.4. The Morgan fingerprint density at radius 1 is 1.50 bits per heavy atom. The van der Waals surface area contributed by atoms with Gasteiger partial charge in [-0.25, -0.2) is 0 Å². The monoisotopic (exact) mass is 229 g/mol. The van der Waals surface area contributed by atoms with Crippen LogP contribution in [0.1, 0.15) is 0 Å². The van der Waals surface area contributed by atoms with Crippen LogP contribution in [0, 0.1) is 0 Å². The lowest BCUT2D eigenvalue weighted by molar-refractivity contribution is -0.137. The molecule has 0 aliphatic heterocycles. The van der Waals surface area contributed by atoms with Crippen molar-refractivity contribution in [2.24, 2.45) is 5.73 Å². The molecule has 0 saturated heterocycles. The molecule has 0 heterocycles. The Balaban J connectivity index is -0.0000000600. The molecule has 3 N–H and O–H groups in total. The number of thiol groups is 1. The zero-order valence-corrected chi connectivity index (χ0v) is 8.23. The normalized spacial score (nSPS) is 9.40. The summed E-state index contributed by atoms with van der Waals surface area (Å²) in [6.45, 7) is 0. The number of carboxylic acids is 1. The van der Waals surface area contributed by atoms with E-state index in [1.807, 2.05) is 0 Å². The summed E-state index contributed by atoms with van der Waals surface area (Å²) in [6.07, 6.45) is 0. The van der Waals surface area contributed by atoms with E-state index in [1.165, 1.54) is 0 Å². The molecule has 3 nitrogen and oxygen atoms in total. The van der Waals surface area contributed by atoms with Crippen LogP contribution in [0.4, 0.5) is 0 Å². The molecule has 0 radical (unpaired) electrons. The highest BCUT2D eigenvalue weighted by Crippen LogP contribution is 1.80. The third-order valence-electron chi connectivity index (χ3n) is 0.514. The van der Waals surface area contributed by atoms with E-state index < -0.39 is 12.0 Å². The first kappa shape index (κ1) is 22.4. The van der Waals surface area contributed by atoms with E-state index in [2.05, 4.69) is 12.6 Å². The molecule has 0 aromatic heterocycles. The number of carboxylic acid groups (broad SMARTS) is 1. The number of hydrogen-bond acceptors (Lipinski definition) is 3. The summed E-state index contributed by atoms with van der Waals surface area (Å²) < 4.78 is 0. The Hall–Kier alpha value is 0.650. The quantitative estimate of drug-likeness (QED) is 0.609. The third kappa shape index (κ3) is 11.4. The van der Waals surface area contributed by atoms with Crippen molar-refractivity contribution >= 4 is 55.8 Å². The molecule has 0 aromatic rings. The molecule has 0 rings (SSSR count). The van der Waals surface area contributed by atoms with Crippen molar-refractivity contribution < 1.29 is 9.90 Å². The van der Waals surface area contributed by atoms with Crippen LogP contribution in [0.25, 0.3) is 0 Å². The fourth-order valence-corrected chi connectivity index (χ4v) is 0.234. The van der Waals surface area contributed by atoms with Crippen LogP contribution in [-0.4, -0.2) is 22.9 Å². The lowest BCUT2D eigenvalue weighted by Gasteiger charge is -1.96. The predicted octanol–water partition coefficient (Wildman–Crippen LogP) is 0.594. The SMILES string of the molecule is Cl.Cl.Cl.NC(CS)C(=O)O. The van der Waals surface area contributed by atoms with E-state index in [0.717, 1.165) is 0 Å². The third-order valence-corrected chi connectivity index (χ3v) is 0.907. The maximum Gasteiger partial charge on any atom is 0.321 e. The second-order valence-corrected chi connectivity index (χ2v) is 1.49. The van der Waals surface area contributed by atoms with Gasteiger partial charge in [-0.2, -0.15) is 12.6 Å². The van der Waals surface area contributed by atoms with Crippen LogP contribution in [-0.2, 0) is 4.79 Å². The van der Waals surface area contributed by atoms with E-state index >= 15 is 0 Å². The van der Waals surface area contributed by atoms with Crippen LogP contribution in [0.5, 0.6) is 0 Å². The van der Waals surface area contributed by atoms with Crippen LogP contribution >= 0.6 is 49.8 Å². The molecule has 1 unspecified atom stereocenters. The van der Waals surface area contributed by atoms with E-state index in [0.29, 0.717) is 0 Å². The van der Waals surface area contributed by atoms with Crippen LogP contribution < -0.4 is 5.73 Å². The number of rotatable bonds is 2. The standard InChI is InChI=1S/C3H7NO2S.3ClH/c4-2(1-7)3(5)6;;;/h2,7H,1,4H2,(H,5,6);3*1H. The molecule has 0 spiro atoms. The summed E-state index contributed by atoms with van der Waals surface area (Å²) in [5.41, 5.74) is 4.94. The fraction of sp³-hybridized carbons (Fsp3) is 0.667. The van der Waals surface area contributed by atoms with Gasteiger partial charge in [-0.15, -0.1) is 37.2 Å². The van der Waals surface area contributed by atoms with Gasteiger partial charge in [0.1, 0.15) is 6.04 Å². The first-order chi connectivity index (χ1) is 3.18. The maximum absolute atomic E-state index is 9.76.